The van der Waals surface area contributed by atoms with Gasteiger partial charge in [0.1, 0.15) is 11.6 Å². The molecule has 0 unspecified atom stereocenters. The number of halogens is 3. The van der Waals surface area contributed by atoms with Crippen molar-refractivity contribution in [2.45, 2.75) is 76.9 Å². The van der Waals surface area contributed by atoms with Crippen molar-refractivity contribution in [3.8, 4) is 0 Å². The number of carbonyl (C=O) groups is 4. The van der Waals surface area contributed by atoms with Crippen LogP contribution in [0.2, 0.25) is 10.0 Å². The summed E-state index contributed by atoms with van der Waals surface area (Å²) in [6, 6.07) is 9.45. The second-order valence-corrected chi connectivity index (χ2v) is 13.9. The lowest BCUT2D eigenvalue weighted by molar-refractivity contribution is -0.145. The third-order valence-corrected chi connectivity index (χ3v) is 10.00. The number of rotatable bonds is 7. The first-order valence-corrected chi connectivity index (χ1v) is 16.3. The standard InChI is InChI=1S/C33H40Cl2FN5O4/c1-32(2)12-5-17-40(20-32)26(42)10-11-27(43)41-19-22-7-4-3-6-21(22)18-25(41)30(44)39-33(13-15-37-16-14-33)31(45)38-24-9-8-23(34)28(35)29(24)36/h3-4,6-9,25,37H,5,10-20H2,1-2H3,(H,38,45)(H,39,44)/t25-/m0/s1. The van der Waals surface area contributed by atoms with Crippen molar-refractivity contribution in [1.29, 1.82) is 0 Å². The van der Waals surface area contributed by atoms with Gasteiger partial charge < -0.3 is 25.8 Å². The Balaban J connectivity index is 1.34. The van der Waals surface area contributed by atoms with Crippen molar-refractivity contribution < 1.29 is 23.6 Å². The number of nitrogens with zero attached hydrogens (tertiary/aromatic N) is 2. The van der Waals surface area contributed by atoms with Crippen molar-refractivity contribution >= 4 is 52.5 Å². The SMILES string of the molecule is CC1(C)CCCN(C(=O)CCC(=O)N2Cc3ccccc3C[C@H]2C(=O)NC2(C(=O)Nc3ccc(Cl)c(Cl)c3F)CCNCC2)C1. The Bertz CT molecular complexity index is 1480. The van der Waals surface area contributed by atoms with Crippen molar-refractivity contribution in [2.24, 2.45) is 5.41 Å². The van der Waals surface area contributed by atoms with E-state index in [1.54, 1.807) is 0 Å². The second kappa shape index (κ2) is 13.6. The molecule has 0 saturated carbocycles. The molecule has 0 bridgehead atoms. The van der Waals surface area contributed by atoms with E-state index in [1.165, 1.54) is 17.0 Å². The topological polar surface area (TPSA) is 111 Å². The number of hydrogen-bond donors (Lipinski definition) is 3. The molecule has 4 amide bonds. The number of amides is 4. The predicted octanol–water partition coefficient (Wildman–Crippen LogP) is 4.69. The van der Waals surface area contributed by atoms with E-state index in [0.717, 1.165) is 24.0 Å². The fraction of sp³-hybridized carbons (Fsp3) is 0.515. The highest BCUT2D eigenvalue weighted by molar-refractivity contribution is 6.42. The molecule has 1 atom stereocenters. The van der Waals surface area contributed by atoms with Gasteiger partial charge in [0.25, 0.3) is 0 Å². The maximum absolute atomic E-state index is 14.8. The zero-order valence-electron chi connectivity index (χ0n) is 25.7. The molecule has 0 aliphatic carbocycles. The lowest BCUT2D eigenvalue weighted by Gasteiger charge is -2.41. The van der Waals surface area contributed by atoms with Gasteiger partial charge in [0.05, 0.1) is 15.7 Å². The minimum Gasteiger partial charge on any atom is -0.342 e. The molecule has 2 aromatic carbocycles. The van der Waals surface area contributed by atoms with Crippen molar-refractivity contribution in [1.82, 2.24) is 20.4 Å². The zero-order chi connectivity index (χ0) is 32.4. The Morgan fingerprint density at radius 3 is 2.38 bits per heavy atom. The Morgan fingerprint density at radius 1 is 0.978 bits per heavy atom. The van der Waals surface area contributed by atoms with Crippen LogP contribution in [-0.2, 0) is 32.1 Å². The normalized spacial score (nSPS) is 20.6. The predicted molar refractivity (Wildman–Crippen MR) is 171 cm³/mol. The van der Waals surface area contributed by atoms with E-state index >= 15 is 0 Å². The van der Waals surface area contributed by atoms with Gasteiger partial charge in [-0.05, 0) is 67.4 Å². The minimum atomic E-state index is -1.36. The molecule has 3 N–H and O–H groups in total. The molecule has 9 nitrogen and oxygen atoms in total. The summed E-state index contributed by atoms with van der Waals surface area (Å²) < 4.78 is 14.8. The lowest BCUT2D eigenvalue weighted by atomic mass is 9.84. The van der Waals surface area contributed by atoms with Gasteiger partial charge in [-0.15, -0.1) is 0 Å². The average molecular weight is 661 g/mol. The molecule has 3 aliphatic heterocycles. The molecule has 2 fully saturated rings. The van der Waals surface area contributed by atoms with E-state index in [9.17, 15) is 23.6 Å². The summed E-state index contributed by atoms with van der Waals surface area (Å²) in [5, 5.41) is 8.46. The summed E-state index contributed by atoms with van der Waals surface area (Å²) in [5.74, 6) is -2.28. The van der Waals surface area contributed by atoms with E-state index in [-0.39, 0.29) is 71.6 Å². The molecule has 12 heteroatoms. The monoisotopic (exact) mass is 659 g/mol. The Labute approximate surface area is 273 Å². The van der Waals surface area contributed by atoms with Gasteiger partial charge in [-0.3, -0.25) is 19.2 Å². The first-order valence-electron chi connectivity index (χ1n) is 15.5. The molecule has 0 radical (unpaired) electrons. The molecule has 3 heterocycles. The summed E-state index contributed by atoms with van der Waals surface area (Å²) in [7, 11) is 0. The van der Waals surface area contributed by atoms with Crippen LogP contribution in [0.15, 0.2) is 36.4 Å². The zero-order valence-corrected chi connectivity index (χ0v) is 27.2. The highest BCUT2D eigenvalue weighted by Crippen LogP contribution is 2.32. The Hall–Kier alpha value is -3.21. The molecule has 0 spiro atoms. The van der Waals surface area contributed by atoms with Crippen LogP contribution in [0.3, 0.4) is 0 Å². The number of anilines is 1. The van der Waals surface area contributed by atoms with Gasteiger partial charge in [-0.2, -0.15) is 0 Å². The first-order chi connectivity index (χ1) is 21.4. The van der Waals surface area contributed by atoms with Crippen LogP contribution in [-0.4, -0.2) is 71.2 Å². The fourth-order valence-electron chi connectivity index (χ4n) is 6.62. The quantitative estimate of drug-likeness (QED) is 0.374. The van der Waals surface area contributed by atoms with E-state index in [0.29, 0.717) is 26.2 Å². The van der Waals surface area contributed by atoms with Gasteiger partial charge in [-0.1, -0.05) is 61.3 Å². The van der Waals surface area contributed by atoms with Crippen molar-refractivity contribution in [3.63, 3.8) is 0 Å². The lowest BCUT2D eigenvalue weighted by Crippen LogP contribution is -2.65. The van der Waals surface area contributed by atoms with Crippen molar-refractivity contribution in [3.05, 3.63) is 63.4 Å². The molecule has 2 saturated heterocycles. The van der Waals surface area contributed by atoms with E-state index in [4.69, 9.17) is 23.2 Å². The summed E-state index contributed by atoms with van der Waals surface area (Å²) in [6.07, 6.45) is 2.80. The van der Waals surface area contributed by atoms with Crippen LogP contribution in [0.4, 0.5) is 10.1 Å². The highest BCUT2D eigenvalue weighted by Gasteiger charge is 2.44. The average Bonchev–Trinajstić information content (AvgIpc) is 3.02. The summed E-state index contributed by atoms with van der Waals surface area (Å²) in [5.41, 5.74) is 0.411. The van der Waals surface area contributed by atoms with Crippen molar-refractivity contribution in [2.75, 3.05) is 31.5 Å². The van der Waals surface area contributed by atoms with E-state index < -0.39 is 29.2 Å². The minimum absolute atomic E-state index is 0.0147. The van der Waals surface area contributed by atoms with E-state index in [1.807, 2.05) is 29.2 Å². The Morgan fingerprint density at radius 2 is 1.67 bits per heavy atom. The molecule has 0 aromatic heterocycles. The van der Waals surface area contributed by atoms with Crippen LogP contribution in [0, 0.1) is 11.2 Å². The van der Waals surface area contributed by atoms with Gasteiger partial charge in [-0.25, -0.2) is 4.39 Å². The number of likely N-dealkylation sites (tertiary alicyclic amines) is 1. The number of benzene rings is 2. The Kier molecular flexibility index (Phi) is 10.1. The largest absolute Gasteiger partial charge is 0.342 e. The fourth-order valence-corrected chi connectivity index (χ4v) is 6.93. The van der Waals surface area contributed by atoms with Crippen LogP contribution in [0.1, 0.15) is 63.5 Å². The molecular formula is C33H40Cl2FN5O4. The molecule has 2 aromatic rings. The second-order valence-electron chi connectivity index (χ2n) is 13.1. The number of nitrogens with one attached hydrogen (secondary N) is 3. The summed E-state index contributed by atoms with van der Waals surface area (Å²) >= 11 is 11.9. The van der Waals surface area contributed by atoms with Crippen LogP contribution in [0.5, 0.6) is 0 Å². The summed E-state index contributed by atoms with van der Waals surface area (Å²) in [6.45, 7) is 6.74. The van der Waals surface area contributed by atoms with E-state index in [2.05, 4.69) is 29.8 Å². The number of fused-ring (bicyclic) bond motifs is 1. The van der Waals surface area contributed by atoms with Crippen LogP contribution < -0.4 is 16.0 Å². The molecule has 242 valence electrons. The maximum atomic E-state index is 14.8. The van der Waals surface area contributed by atoms with Gasteiger partial charge in [0.2, 0.25) is 23.6 Å². The van der Waals surface area contributed by atoms with Gasteiger partial charge in [0, 0.05) is 38.9 Å². The maximum Gasteiger partial charge on any atom is 0.250 e. The molecule has 3 aliphatic rings. The molecule has 5 rings (SSSR count). The molecule has 45 heavy (non-hydrogen) atoms. The number of hydrogen-bond acceptors (Lipinski definition) is 5. The number of carbonyl (C=O) groups excluding carboxylic acids is 4. The van der Waals surface area contributed by atoms with Crippen LogP contribution >= 0.6 is 23.2 Å². The summed E-state index contributed by atoms with van der Waals surface area (Å²) in [4.78, 5) is 57.9. The van der Waals surface area contributed by atoms with Crippen LogP contribution in [0.25, 0.3) is 0 Å². The smallest absolute Gasteiger partial charge is 0.250 e. The number of piperidine rings is 2. The first kappa shape index (κ1) is 33.2. The third kappa shape index (κ3) is 7.45. The van der Waals surface area contributed by atoms with Gasteiger partial charge >= 0.3 is 0 Å². The van der Waals surface area contributed by atoms with Gasteiger partial charge in [0.15, 0.2) is 5.82 Å². The highest BCUT2D eigenvalue weighted by atomic mass is 35.5. The molecular weight excluding hydrogens is 620 g/mol. The third-order valence-electron chi connectivity index (χ3n) is 9.22.